The van der Waals surface area contributed by atoms with Gasteiger partial charge in [-0.3, -0.25) is 4.99 Å². The number of benzene rings is 2. The highest BCUT2D eigenvalue weighted by Gasteiger charge is 1.98. The van der Waals surface area contributed by atoms with Gasteiger partial charge in [0.15, 0.2) is 0 Å². The van der Waals surface area contributed by atoms with Crippen molar-refractivity contribution in [1.29, 1.82) is 0 Å². The maximum atomic E-state index is 4.42. The van der Waals surface area contributed by atoms with Gasteiger partial charge in [-0.2, -0.15) is 0 Å². The minimum atomic E-state index is 0.375. The Hall–Kier alpha value is -2.09. The molecular formula is C16H18N2. The number of aliphatic imine (C=N–C) groups is 1. The van der Waals surface area contributed by atoms with E-state index in [1.165, 1.54) is 0 Å². The normalized spacial score (nSPS) is 12.5. The summed E-state index contributed by atoms with van der Waals surface area (Å²) >= 11 is 0. The van der Waals surface area contributed by atoms with E-state index in [0.29, 0.717) is 6.04 Å². The van der Waals surface area contributed by atoms with Crippen LogP contribution in [0.4, 0.5) is 11.4 Å². The van der Waals surface area contributed by atoms with Gasteiger partial charge in [-0.1, -0.05) is 36.4 Å². The summed E-state index contributed by atoms with van der Waals surface area (Å²) in [5, 5.41) is 3.44. The van der Waals surface area contributed by atoms with Crippen LogP contribution in [0.1, 0.15) is 13.3 Å². The first-order valence-electron chi connectivity index (χ1n) is 6.24. The molecule has 2 nitrogen and oxygen atoms in total. The second kappa shape index (κ2) is 6.60. The summed E-state index contributed by atoms with van der Waals surface area (Å²) in [6, 6.07) is 20.6. The molecule has 0 aliphatic heterocycles. The molecule has 0 saturated carbocycles. The van der Waals surface area contributed by atoms with Crippen molar-refractivity contribution in [3.8, 4) is 0 Å². The molecule has 1 unspecified atom stereocenters. The second-order valence-electron chi connectivity index (χ2n) is 4.29. The Morgan fingerprint density at radius 2 is 1.61 bits per heavy atom. The summed E-state index contributed by atoms with van der Waals surface area (Å²) in [6.45, 7) is 2.16. The number of nitrogens with zero attached hydrogens (tertiary/aromatic N) is 1. The molecule has 0 spiro atoms. The number of para-hydroxylation sites is 2. The fraction of sp³-hybridized carbons (Fsp3) is 0.188. The molecule has 1 atom stereocenters. The number of rotatable bonds is 5. The molecule has 0 saturated heterocycles. The van der Waals surface area contributed by atoms with Gasteiger partial charge in [-0.25, -0.2) is 0 Å². The van der Waals surface area contributed by atoms with Crippen LogP contribution in [0.5, 0.6) is 0 Å². The molecule has 0 radical (unpaired) electrons. The molecule has 92 valence electrons. The van der Waals surface area contributed by atoms with Crippen LogP contribution >= 0.6 is 0 Å². The first-order chi connectivity index (χ1) is 8.84. The molecule has 2 aromatic carbocycles. The third-order valence-corrected chi connectivity index (χ3v) is 2.64. The van der Waals surface area contributed by atoms with E-state index in [1.54, 1.807) is 0 Å². The lowest BCUT2D eigenvalue weighted by Crippen LogP contribution is -2.15. The minimum Gasteiger partial charge on any atom is -0.382 e. The summed E-state index contributed by atoms with van der Waals surface area (Å²) in [5.41, 5.74) is 2.16. The molecule has 2 rings (SSSR count). The molecule has 0 fully saturated rings. The van der Waals surface area contributed by atoms with Gasteiger partial charge in [0, 0.05) is 24.4 Å². The van der Waals surface area contributed by atoms with E-state index in [9.17, 15) is 0 Å². The van der Waals surface area contributed by atoms with Gasteiger partial charge in [0.25, 0.3) is 0 Å². The van der Waals surface area contributed by atoms with Crippen LogP contribution in [0.15, 0.2) is 65.7 Å². The van der Waals surface area contributed by atoms with Gasteiger partial charge in [-0.05, 0) is 31.2 Å². The molecule has 0 aliphatic carbocycles. The Balaban J connectivity index is 1.82. The number of hydrogen-bond donors (Lipinski definition) is 1. The monoisotopic (exact) mass is 238 g/mol. The quantitative estimate of drug-likeness (QED) is 0.772. The zero-order valence-electron chi connectivity index (χ0n) is 10.6. The summed E-state index contributed by atoms with van der Waals surface area (Å²) < 4.78 is 0. The van der Waals surface area contributed by atoms with Crippen molar-refractivity contribution >= 4 is 17.6 Å². The summed E-state index contributed by atoms with van der Waals surface area (Å²) in [7, 11) is 0. The Bertz CT molecular complexity index is 477. The fourth-order valence-electron chi connectivity index (χ4n) is 1.71. The summed E-state index contributed by atoms with van der Waals surface area (Å²) in [4.78, 5) is 4.42. The molecule has 1 N–H and O–H groups in total. The average Bonchev–Trinajstić information content (AvgIpc) is 2.41. The highest BCUT2D eigenvalue weighted by atomic mass is 14.9. The van der Waals surface area contributed by atoms with Crippen molar-refractivity contribution in [2.24, 2.45) is 4.99 Å². The van der Waals surface area contributed by atoms with Crippen LogP contribution in [0.3, 0.4) is 0 Å². The average molecular weight is 238 g/mol. The molecule has 0 aliphatic rings. The van der Waals surface area contributed by atoms with Crippen LogP contribution in [0.25, 0.3) is 0 Å². The Kier molecular flexibility index (Phi) is 4.53. The highest BCUT2D eigenvalue weighted by molar-refractivity contribution is 5.64. The smallest absolute Gasteiger partial charge is 0.0625 e. The number of hydrogen-bond acceptors (Lipinski definition) is 2. The van der Waals surface area contributed by atoms with Crippen LogP contribution in [0, 0.1) is 0 Å². The Labute approximate surface area is 108 Å². The van der Waals surface area contributed by atoms with E-state index in [1.807, 2.05) is 54.7 Å². The van der Waals surface area contributed by atoms with Crippen molar-refractivity contribution in [2.75, 3.05) is 5.32 Å². The summed E-state index contributed by atoms with van der Waals surface area (Å²) in [5.74, 6) is 0. The largest absolute Gasteiger partial charge is 0.382 e. The van der Waals surface area contributed by atoms with Crippen LogP contribution in [-0.4, -0.2) is 12.3 Å². The highest BCUT2D eigenvalue weighted by Crippen LogP contribution is 2.10. The van der Waals surface area contributed by atoms with Crippen molar-refractivity contribution in [1.82, 2.24) is 0 Å². The van der Waals surface area contributed by atoms with Gasteiger partial charge in [-0.15, -0.1) is 0 Å². The topological polar surface area (TPSA) is 24.4 Å². The maximum Gasteiger partial charge on any atom is 0.0625 e. The molecule has 18 heavy (non-hydrogen) atoms. The Morgan fingerprint density at radius 3 is 2.28 bits per heavy atom. The van der Waals surface area contributed by atoms with Crippen molar-refractivity contribution in [3.63, 3.8) is 0 Å². The number of anilines is 1. The van der Waals surface area contributed by atoms with Crippen molar-refractivity contribution in [3.05, 3.63) is 60.7 Å². The fourth-order valence-corrected chi connectivity index (χ4v) is 1.71. The van der Waals surface area contributed by atoms with E-state index < -0.39 is 0 Å². The van der Waals surface area contributed by atoms with Crippen LogP contribution in [0.2, 0.25) is 0 Å². The summed E-state index contributed by atoms with van der Waals surface area (Å²) in [6.07, 6.45) is 2.87. The van der Waals surface area contributed by atoms with Gasteiger partial charge in [0.05, 0.1) is 5.69 Å². The molecule has 0 heterocycles. The molecule has 2 heteroatoms. The van der Waals surface area contributed by atoms with E-state index in [0.717, 1.165) is 17.8 Å². The maximum absolute atomic E-state index is 4.42. The van der Waals surface area contributed by atoms with Crippen molar-refractivity contribution in [2.45, 2.75) is 19.4 Å². The van der Waals surface area contributed by atoms with E-state index in [4.69, 9.17) is 0 Å². The van der Waals surface area contributed by atoms with Gasteiger partial charge in [0.2, 0.25) is 0 Å². The Morgan fingerprint density at radius 1 is 1.00 bits per heavy atom. The predicted molar refractivity (Wildman–Crippen MR) is 78.7 cm³/mol. The van der Waals surface area contributed by atoms with Gasteiger partial charge in [0.1, 0.15) is 0 Å². The first kappa shape index (κ1) is 12.4. The zero-order valence-corrected chi connectivity index (χ0v) is 10.6. The lowest BCUT2D eigenvalue weighted by Gasteiger charge is -2.12. The lowest BCUT2D eigenvalue weighted by atomic mass is 10.2. The SMILES string of the molecule is CC(CC=Nc1ccccc1)Nc1ccccc1. The third kappa shape index (κ3) is 4.06. The second-order valence-corrected chi connectivity index (χ2v) is 4.29. The predicted octanol–water partition coefficient (Wildman–Crippen LogP) is 4.28. The van der Waals surface area contributed by atoms with Crippen LogP contribution < -0.4 is 5.32 Å². The molecule has 0 aromatic heterocycles. The van der Waals surface area contributed by atoms with E-state index >= 15 is 0 Å². The van der Waals surface area contributed by atoms with E-state index in [-0.39, 0.29) is 0 Å². The van der Waals surface area contributed by atoms with Crippen molar-refractivity contribution < 1.29 is 0 Å². The van der Waals surface area contributed by atoms with Gasteiger partial charge >= 0.3 is 0 Å². The third-order valence-electron chi connectivity index (χ3n) is 2.64. The molecule has 0 amide bonds. The molecule has 2 aromatic rings. The lowest BCUT2D eigenvalue weighted by molar-refractivity contribution is 0.846. The van der Waals surface area contributed by atoms with E-state index in [2.05, 4.69) is 29.4 Å². The first-order valence-corrected chi connectivity index (χ1v) is 6.24. The minimum absolute atomic E-state index is 0.375. The zero-order chi connectivity index (χ0) is 12.6. The van der Waals surface area contributed by atoms with Gasteiger partial charge < -0.3 is 5.32 Å². The molecule has 0 bridgehead atoms. The standard InChI is InChI=1S/C16H18N2/c1-14(18-16-10-6-3-7-11-16)12-13-17-15-8-4-2-5-9-15/h2-11,13-14,18H,12H2,1H3. The number of nitrogens with one attached hydrogen (secondary N) is 1. The molecular weight excluding hydrogens is 220 g/mol. The van der Waals surface area contributed by atoms with Crippen LogP contribution in [-0.2, 0) is 0 Å².